The second kappa shape index (κ2) is 6.47. The van der Waals surface area contributed by atoms with Gasteiger partial charge >= 0.3 is 0 Å². The summed E-state index contributed by atoms with van der Waals surface area (Å²) >= 11 is 1.03. The molecule has 2 aliphatic rings. The number of sulfonamides is 1. The molecule has 5 rings (SSSR count). The molecule has 3 aromatic rings. The molecule has 3 heterocycles. The number of fused-ring (bicyclic) bond motifs is 2. The van der Waals surface area contributed by atoms with Gasteiger partial charge in [-0.25, -0.2) is 8.42 Å². The summed E-state index contributed by atoms with van der Waals surface area (Å²) in [6, 6.07) is 7.22. The highest BCUT2D eigenvalue weighted by Gasteiger charge is 2.31. The third kappa shape index (κ3) is 2.88. The van der Waals surface area contributed by atoms with E-state index in [0.29, 0.717) is 37.2 Å². The van der Waals surface area contributed by atoms with Crippen molar-refractivity contribution in [1.82, 2.24) is 23.2 Å². The van der Waals surface area contributed by atoms with Crippen LogP contribution in [-0.2, 0) is 22.9 Å². The summed E-state index contributed by atoms with van der Waals surface area (Å²) in [5.74, 6) is 0.846. The largest absolute Gasteiger partial charge is 0.352 e. The summed E-state index contributed by atoms with van der Waals surface area (Å²) in [6.45, 7) is 2.01. The quantitative estimate of drug-likeness (QED) is 0.655. The molecular weight excluding hydrogens is 384 g/mol. The highest BCUT2D eigenvalue weighted by Crippen LogP contribution is 2.27. The summed E-state index contributed by atoms with van der Waals surface area (Å²) in [6.07, 6.45) is 3.19. The highest BCUT2D eigenvalue weighted by molar-refractivity contribution is 7.89. The molecule has 140 valence electrons. The van der Waals surface area contributed by atoms with Gasteiger partial charge in [0.25, 0.3) is 0 Å². The van der Waals surface area contributed by atoms with E-state index in [9.17, 15) is 8.42 Å². The van der Waals surface area contributed by atoms with Crippen LogP contribution < -0.4 is 4.90 Å². The summed E-state index contributed by atoms with van der Waals surface area (Å²) < 4.78 is 36.1. The Balaban J connectivity index is 1.36. The second-order valence-electron chi connectivity index (χ2n) is 6.81. The number of anilines is 1. The van der Waals surface area contributed by atoms with E-state index in [-0.39, 0.29) is 4.90 Å². The number of hydrogen-bond acceptors (Lipinski definition) is 8. The van der Waals surface area contributed by atoms with E-state index in [2.05, 4.69) is 29.9 Å². The second-order valence-corrected chi connectivity index (χ2v) is 9.24. The van der Waals surface area contributed by atoms with Crippen LogP contribution in [-0.4, -0.2) is 57.8 Å². The van der Waals surface area contributed by atoms with Gasteiger partial charge in [-0.2, -0.15) is 18.2 Å². The molecule has 0 saturated carbocycles. The fourth-order valence-corrected chi connectivity index (χ4v) is 5.93. The number of piperazine rings is 1. The monoisotopic (exact) mass is 402 g/mol. The zero-order valence-corrected chi connectivity index (χ0v) is 16.2. The predicted molar refractivity (Wildman–Crippen MR) is 102 cm³/mol. The van der Waals surface area contributed by atoms with Gasteiger partial charge in [0.15, 0.2) is 5.82 Å². The highest BCUT2D eigenvalue weighted by atomic mass is 32.2. The molecule has 1 aliphatic carbocycles. The maximum Gasteiger partial charge on any atom is 0.245 e. The van der Waals surface area contributed by atoms with Gasteiger partial charge in [-0.05, 0) is 43.0 Å². The molecule has 0 bridgehead atoms. The van der Waals surface area contributed by atoms with Crippen molar-refractivity contribution >= 4 is 38.6 Å². The van der Waals surface area contributed by atoms with Gasteiger partial charge in [-0.15, -0.1) is 5.10 Å². The molecular formula is C17H18N6O2S2. The standard InChI is InChI=1S/C17H18N6O2S2/c24-27(25,15-6-2-5-14-17(15)21-26-20-14)23-9-7-22(8-10-23)16-11-12-3-1-4-13(12)18-19-16/h2,5-6,11H,1,3-4,7-10H2. The Morgan fingerprint density at radius 2 is 1.85 bits per heavy atom. The Hall–Kier alpha value is -2.17. The van der Waals surface area contributed by atoms with Gasteiger partial charge in [-0.3, -0.25) is 0 Å². The Kier molecular flexibility index (Phi) is 4.06. The van der Waals surface area contributed by atoms with E-state index in [1.807, 2.05) is 0 Å². The van der Waals surface area contributed by atoms with E-state index < -0.39 is 10.0 Å². The molecule has 2 aromatic heterocycles. The van der Waals surface area contributed by atoms with E-state index in [1.54, 1.807) is 18.2 Å². The van der Waals surface area contributed by atoms with Crippen LogP contribution in [0.4, 0.5) is 5.82 Å². The van der Waals surface area contributed by atoms with Crippen molar-refractivity contribution in [2.75, 3.05) is 31.1 Å². The molecule has 1 aromatic carbocycles. The molecule has 10 heteroatoms. The molecule has 27 heavy (non-hydrogen) atoms. The minimum atomic E-state index is -3.60. The molecule has 0 unspecified atom stereocenters. The first-order valence-corrected chi connectivity index (χ1v) is 11.1. The SMILES string of the molecule is O=S(=O)(c1cccc2nsnc12)N1CCN(c2cc3c(nn2)CCC3)CC1. The summed E-state index contributed by atoms with van der Waals surface area (Å²) in [5.41, 5.74) is 3.45. The number of benzene rings is 1. The third-order valence-corrected chi connectivity index (χ3v) is 7.71. The molecule has 0 N–H and O–H groups in total. The normalized spacial score (nSPS) is 18.1. The molecule has 0 spiro atoms. The first-order chi connectivity index (χ1) is 13.1. The first kappa shape index (κ1) is 17.0. The Morgan fingerprint density at radius 3 is 2.70 bits per heavy atom. The maximum absolute atomic E-state index is 13.1. The fourth-order valence-electron chi connectivity index (χ4n) is 3.76. The van der Waals surface area contributed by atoms with Crippen LogP contribution in [0.5, 0.6) is 0 Å². The van der Waals surface area contributed by atoms with Crippen molar-refractivity contribution in [1.29, 1.82) is 0 Å². The molecule has 0 radical (unpaired) electrons. The lowest BCUT2D eigenvalue weighted by atomic mass is 10.2. The van der Waals surface area contributed by atoms with Crippen LogP contribution >= 0.6 is 11.7 Å². The zero-order chi connectivity index (χ0) is 18.4. The van der Waals surface area contributed by atoms with E-state index in [0.717, 1.165) is 42.5 Å². The Labute approximate surface area is 161 Å². The molecule has 1 aliphatic heterocycles. The third-order valence-electron chi connectivity index (χ3n) is 5.24. The topological polar surface area (TPSA) is 92.2 Å². The molecule has 1 fully saturated rings. The smallest absolute Gasteiger partial charge is 0.245 e. The van der Waals surface area contributed by atoms with Crippen LogP contribution in [0.1, 0.15) is 17.7 Å². The van der Waals surface area contributed by atoms with Crippen LogP contribution in [0.3, 0.4) is 0 Å². The number of rotatable bonds is 3. The lowest BCUT2D eigenvalue weighted by Crippen LogP contribution is -2.49. The lowest BCUT2D eigenvalue weighted by Gasteiger charge is -2.34. The zero-order valence-electron chi connectivity index (χ0n) is 14.6. The molecule has 1 saturated heterocycles. The lowest BCUT2D eigenvalue weighted by molar-refractivity contribution is 0.383. The first-order valence-electron chi connectivity index (χ1n) is 8.95. The van der Waals surface area contributed by atoms with Gasteiger partial charge in [0.2, 0.25) is 10.0 Å². The summed E-state index contributed by atoms with van der Waals surface area (Å²) in [5, 5.41) is 8.68. The minimum absolute atomic E-state index is 0.236. The Bertz CT molecular complexity index is 1110. The van der Waals surface area contributed by atoms with Crippen LogP contribution in [0.25, 0.3) is 11.0 Å². The number of nitrogens with zero attached hydrogens (tertiary/aromatic N) is 6. The van der Waals surface area contributed by atoms with Gasteiger partial charge in [0, 0.05) is 26.2 Å². The van der Waals surface area contributed by atoms with Gasteiger partial charge < -0.3 is 4.90 Å². The van der Waals surface area contributed by atoms with Crippen molar-refractivity contribution in [3.05, 3.63) is 35.5 Å². The van der Waals surface area contributed by atoms with E-state index >= 15 is 0 Å². The predicted octanol–water partition coefficient (Wildman–Crippen LogP) is 1.48. The van der Waals surface area contributed by atoms with Crippen molar-refractivity contribution in [3.8, 4) is 0 Å². The average Bonchev–Trinajstić information content (AvgIpc) is 3.36. The van der Waals surface area contributed by atoms with Gasteiger partial charge in [0.05, 0.1) is 17.4 Å². The summed E-state index contributed by atoms with van der Waals surface area (Å²) in [4.78, 5) is 2.35. The summed E-state index contributed by atoms with van der Waals surface area (Å²) in [7, 11) is -3.60. The van der Waals surface area contributed by atoms with Crippen LogP contribution in [0.2, 0.25) is 0 Å². The van der Waals surface area contributed by atoms with Gasteiger partial charge in [0.1, 0.15) is 15.9 Å². The average molecular weight is 403 g/mol. The maximum atomic E-state index is 13.1. The molecule has 0 amide bonds. The fraction of sp³-hybridized carbons (Fsp3) is 0.412. The van der Waals surface area contributed by atoms with Crippen molar-refractivity contribution in [2.24, 2.45) is 0 Å². The van der Waals surface area contributed by atoms with Gasteiger partial charge in [-0.1, -0.05) is 6.07 Å². The molecule has 0 atom stereocenters. The minimum Gasteiger partial charge on any atom is -0.352 e. The van der Waals surface area contributed by atoms with E-state index in [4.69, 9.17) is 0 Å². The van der Waals surface area contributed by atoms with Crippen molar-refractivity contribution in [3.63, 3.8) is 0 Å². The molecule has 8 nitrogen and oxygen atoms in total. The van der Waals surface area contributed by atoms with Crippen molar-refractivity contribution < 1.29 is 8.42 Å². The number of aromatic nitrogens is 4. The Morgan fingerprint density at radius 1 is 1.00 bits per heavy atom. The van der Waals surface area contributed by atoms with E-state index in [1.165, 1.54) is 9.87 Å². The van der Waals surface area contributed by atoms with Crippen molar-refractivity contribution in [2.45, 2.75) is 24.2 Å². The van der Waals surface area contributed by atoms with Crippen LogP contribution in [0, 0.1) is 0 Å². The number of hydrogen-bond donors (Lipinski definition) is 0. The number of aryl methyl sites for hydroxylation is 2. The van der Waals surface area contributed by atoms with Crippen LogP contribution in [0.15, 0.2) is 29.2 Å².